The molecule has 0 spiro atoms. The third-order valence-corrected chi connectivity index (χ3v) is 2.47. The molecule has 0 radical (unpaired) electrons. The van der Waals surface area contributed by atoms with Gasteiger partial charge in [0.1, 0.15) is 11.5 Å². The van der Waals surface area contributed by atoms with Crippen LogP contribution in [-0.4, -0.2) is 15.2 Å². The Morgan fingerprint density at radius 2 is 1.87 bits per heavy atom. The summed E-state index contributed by atoms with van der Waals surface area (Å²) in [6, 6.07) is 5.71. The van der Waals surface area contributed by atoms with Crippen molar-refractivity contribution in [3.8, 4) is 11.4 Å². The normalized spacial score (nSPS) is 10.3. The molecule has 0 amide bonds. The summed E-state index contributed by atoms with van der Waals surface area (Å²) < 4.78 is 0. The van der Waals surface area contributed by atoms with Crippen LogP contribution in [0, 0.1) is 13.8 Å². The summed E-state index contributed by atoms with van der Waals surface area (Å²) in [5.41, 5.74) is 9.28. The van der Waals surface area contributed by atoms with Crippen LogP contribution in [0.5, 0.6) is 0 Å². The van der Waals surface area contributed by atoms with Crippen LogP contribution in [-0.2, 0) is 0 Å². The number of anilines is 1. The van der Waals surface area contributed by atoms with Crippen molar-refractivity contribution in [3.05, 3.63) is 35.5 Å². The molecule has 0 aliphatic carbocycles. The van der Waals surface area contributed by atoms with Crippen LogP contribution in [0.25, 0.3) is 11.4 Å². The Morgan fingerprint density at radius 1 is 1.07 bits per heavy atom. The SMILES string of the molecule is Cc1c(N)nnc(-c2ccccn2)c1C. The molecule has 2 N–H and O–H groups in total. The first kappa shape index (κ1) is 9.58. The fraction of sp³-hybridized carbons (Fsp3) is 0.182. The van der Waals surface area contributed by atoms with Gasteiger partial charge < -0.3 is 5.73 Å². The second-order valence-corrected chi connectivity index (χ2v) is 3.40. The highest BCUT2D eigenvalue weighted by atomic mass is 15.1. The molecule has 0 bridgehead atoms. The van der Waals surface area contributed by atoms with Crippen molar-refractivity contribution in [3.63, 3.8) is 0 Å². The number of pyridine rings is 1. The van der Waals surface area contributed by atoms with Crippen molar-refractivity contribution in [2.45, 2.75) is 13.8 Å². The van der Waals surface area contributed by atoms with Crippen LogP contribution in [0.1, 0.15) is 11.1 Å². The molecule has 0 unspecified atom stereocenters. The Kier molecular flexibility index (Phi) is 2.33. The standard InChI is InChI=1S/C11H12N4/c1-7-8(2)11(12)15-14-10(7)9-5-3-4-6-13-9/h3-6H,1-2H3,(H2,12,15). The monoisotopic (exact) mass is 200 g/mol. The van der Waals surface area contributed by atoms with Gasteiger partial charge in [-0.05, 0) is 37.1 Å². The molecule has 0 saturated heterocycles. The number of nitrogen functional groups attached to an aromatic ring is 1. The van der Waals surface area contributed by atoms with Crippen molar-refractivity contribution in [2.24, 2.45) is 0 Å². The van der Waals surface area contributed by atoms with Crippen LogP contribution in [0.3, 0.4) is 0 Å². The van der Waals surface area contributed by atoms with Gasteiger partial charge in [0.2, 0.25) is 0 Å². The number of nitrogens with two attached hydrogens (primary N) is 1. The molecule has 0 atom stereocenters. The zero-order valence-electron chi connectivity index (χ0n) is 8.73. The molecule has 0 saturated carbocycles. The Bertz CT molecular complexity index is 479. The molecular formula is C11H12N4. The smallest absolute Gasteiger partial charge is 0.149 e. The highest BCUT2D eigenvalue weighted by Gasteiger charge is 2.09. The quantitative estimate of drug-likeness (QED) is 0.761. The largest absolute Gasteiger partial charge is 0.382 e. The first-order valence-corrected chi connectivity index (χ1v) is 4.71. The van der Waals surface area contributed by atoms with Gasteiger partial charge in [-0.1, -0.05) is 6.07 Å². The third-order valence-electron chi connectivity index (χ3n) is 2.47. The third kappa shape index (κ3) is 1.66. The summed E-state index contributed by atoms with van der Waals surface area (Å²) >= 11 is 0. The van der Waals surface area contributed by atoms with Crippen LogP contribution in [0.4, 0.5) is 5.82 Å². The Balaban J connectivity index is 2.60. The first-order valence-electron chi connectivity index (χ1n) is 4.71. The molecule has 0 fully saturated rings. The molecule has 0 aliphatic heterocycles. The van der Waals surface area contributed by atoms with Crippen molar-refractivity contribution in [2.75, 3.05) is 5.73 Å². The summed E-state index contributed by atoms with van der Waals surface area (Å²) in [5, 5.41) is 7.98. The number of aromatic nitrogens is 3. The summed E-state index contributed by atoms with van der Waals surface area (Å²) in [6.07, 6.45) is 1.74. The first-order chi connectivity index (χ1) is 7.20. The molecule has 2 aromatic rings. The zero-order valence-corrected chi connectivity index (χ0v) is 8.73. The van der Waals surface area contributed by atoms with Crippen LogP contribution in [0.2, 0.25) is 0 Å². The van der Waals surface area contributed by atoms with Gasteiger partial charge in [-0.15, -0.1) is 10.2 Å². The lowest BCUT2D eigenvalue weighted by molar-refractivity contribution is 1.01. The van der Waals surface area contributed by atoms with E-state index in [9.17, 15) is 0 Å². The maximum Gasteiger partial charge on any atom is 0.149 e. The van der Waals surface area contributed by atoms with Gasteiger partial charge in [-0.2, -0.15) is 0 Å². The molecule has 2 heterocycles. The molecule has 76 valence electrons. The van der Waals surface area contributed by atoms with Crippen molar-refractivity contribution in [1.29, 1.82) is 0 Å². The Hall–Kier alpha value is -1.97. The molecular weight excluding hydrogens is 188 g/mol. The van der Waals surface area contributed by atoms with E-state index in [1.165, 1.54) is 0 Å². The van der Waals surface area contributed by atoms with Gasteiger partial charge in [0.25, 0.3) is 0 Å². The minimum Gasteiger partial charge on any atom is -0.382 e. The van der Waals surface area contributed by atoms with E-state index < -0.39 is 0 Å². The van der Waals surface area contributed by atoms with Gasteiger partial charge >= 0.3 is 0 Å². The number of nitrogens with zero attached hydrogens (tertiary/aromatic N) is 3. The van der Waals surface area contributed by atoms with Gasteiger partial charge in [0.05, 0.1) is 5.69 Å². The minimum absolute atomic E-state index is 0.479. The van der Waals surface area contributed by atoms with E-state index >= 15 is 0 Å². The topological polar surface area (TPSA) is 64.7 Å². The maximum atomic E-state index is 5.67. The lowest BCUT2D eigenvalue weighted by atomic mass is 10.1. The second kappa shape index (κ2) is 3.65. The van der Waals surface area contributed by atoms with Crippen molar-refractivity contribution >= 4 is 5.82 Å². The van der Waals surface area contributed by atoms with E-state index in [1.807, 2.05) is 32.0 Å². The van der Waals surface area contributed by atoms with E-state index in [0.29, 0.717) is 5.82 Å². The van der Waals surface area contributed by atoms with Gasteiger partial charge in [-0.3, -0.25) is 4.98 Å². The predicted molar refractivity (Wildman–Crippen MR) is 59.1 cm³/mol. The molecule has 2 aromatic heterocycles. The number of hydrogen-bond acceptors (Lipinski definition) is 4. The van der Waals surface area contributed by atoms with Crippen molar-refractivity contribution < 1.29 is 0 Å². The minimum atomic E-state index is 0.479. The van der Waals surface area contributed by atoms with Gasteiger partial charge in [-0.25, -0.2) is 0 Å². The van der Waals surface area contributed by atoms with E-state index in [4.69, 9.17) is 5.73 Å². The molecule has 0 aromatic carbocycles. The van der Waals surface area contributed by atoms with E-state index in [2.05, 4.69) is 15.2 Å². The molecule has 15 heavy (non-hydrogen) atoms. The molecule has 2 rings (SSSR count). The second-order valence-electron chi connectivity index (χ2n) is 3.40. The summed E-state index contributed by atoms with van der Waals surface area (Å²) in [5.74, 6) is 0.479. The van der Waals surface area contributed by atoms with Crippen LogP contribution < -0.4 is 5.73 Å². The Morgan fingerprint density at radius 3 is 2.53 bits per heavy atom. The Labute approximate surface area is 88.2 Å². The van der Waals surface area contributed by atoms with E-state index in [0.717, 1.165) is 22.5 Å². The van der Waals surface area contributed by atoms with Crippen molar-refractivity contribution in [1.82, 2.24) is 15.2 Å². The van der Waals surface area contributed by atoms with E-state index in [-0.39, 0.29) is 0 Å². The highest BCUT2D eigenvalue weighted by Crippen LogP contribution is 2.22. The average molecular weight is 200 g/mol. The molecule has 4 nitrogen and oxygen atoms in total. The molecule has 4 heteroatoms. The molecule has 0 aliphatic rings. The summed E-state index contributed by atoms with van der Waals surface area (Å²) in [4.78, 5) is 4.24. The fourth-order valence-electron chi connectivity index (χ4n) is 1.37. The average Bonchev–Trinajstić information content (AvgIpc) is 2.27. The zero-order chi connectivity index (χ0) is 10.8. The number of rotatable bonds is 1. The number of hydrogen-bond donors (Lipinski definition) is 1. The summed E-state index contributed by atoms with van der Waals surface area (Å²) in [7, 11) is 0. The van der Waals surface area contributed by atoms with E-state index in [1.54, 1.807) is 6.20 Å². The highest BCUT2D eigenvalue weighted by molar-refractivity contribution is 5.62. The van der Waals surface area contributed by atoms with Crippen LogP contribution in [0.15, 0.2) is 24.4 Å². The summed E-state index contributed by atoms with van der Waals surface area (Å²) in [6.45, 7) is 3.91. The lowest BCUT2D eigenvalue weighted by Gasteiger charge is -2.07. The predicted octanol–water partition coefficient (Wildman–Crippen LogP) is 1.74. The van der Waals surface area contributed by atoms with Gasteiger partial charge in [0, 0.05) is 6.20 Å². The lowest BCUT2D eigenvalue weighted by Crippen LogP contribution is -2.02. The maximum absolute atomic E-state index is 5.67. The van der Waals surface area contributed by atoms with Crippen LogP contribution >= 0.6 is 0 Å². The fourth-order valence-corrected chi connectivity index (χ4v) is 1.37. The van der Waals surface area contributed by atoms with Gasteiger partial charge in [0.15, 0.2) is 0 Å².